The highest BCUT2D eigenvalue weighted by atomic mass is 35.5. The van der Waals surface area contributed by atoms with Crippen molar-refractivity contribution in [3.63, 3.8) is 0 Å². The molecule has 1 unspecified atom stereocenters. The molecule has 1 aromatic rings. The number of likely N-dealkylation sites (tertiary alicyclic amines) is 1. The second-order valence-corrected chi connectivity index (χ2v) is 5.04. The lowest BCUT2D eigenvalue weighted by Crippen LogP contribution is -2.29. The Morgan fingerprint density at radius 3 is 2.74 bits per heavy atom. The maximum Gasteiger partial charge on any atom is 0.255 e. The molecule has 1 aromatic carbocycles. The Balaban J connectivity index is 2.09. The number of nitrogens with one attached hydrogen (secondary N) is 1. The van der Waals surface area contributed by atoms with Crippen LogP contribution in [-0.2, 0) is 0 Å². The Labute approximate surface area is 118 Å². The molecule has 1 aliphatic rings. The Hall–Kier alpha value is -1.26. The molecule has 1 atom stereocenters. The average Bonchev–Trinajstić information content (AvgIpc) is 2.98. The number of hydrogen-bond acceptors (Lipinski definition) is 3. The van der Waals surface area contributed by atoms with Crippen molar-refractivity contribution in [2.24, 2.45) is 0 Å². The molecule has 2 N–H and O–H groups in total. The van der Waals surface area contributed by atoms with Crippen molar-refractivity contribution in [3.05, 3.63) is 29.8 Å². The van der Waals surface area contributed by atoms with E-state index in [9.17, 15) is 9.90 Å². The molecule has 1 saturated heterocycles. The van der Waals surface area contributed by atoms with Gasteiger partial charge in [0, 0.05) is 25.3 Å². The molecule has 0 bridgehead atoms. The zero-order valence-corrected chi connectivity index (χ0v) is 11.6. The van der Waals surface area contributed by atoms with Crippen LogP contribution < -0.4 is 5.32 Å². The van der Waals surface area contributed by atoms with Crippen LogP contribution in [0.3, 0.4) is 0 Å². The largest absolute Gasteiger partial charge is 0.390 e. The van der Waals surface area contributed by atoms with Gasteiger partial charge in [-0.05, 0) is 25.0 Å². The van der Waals surface area contributed by atoms with E-state index in [1.165, 1.54) is 0 Å². The predicted octanol–water partition coefficient (Wildman–Crippen LogP) is 1.93. The van der Waals surface area contributed by atoms with E-state index in [0.29, 0.717) is 12.1 Å². The lowest BCUT2D eigenvalue weighted by atomic mass is 10.1. The van der Waals surface area contributed by atoms with Crippen molar-refractivity contribution < 1.29 is 9.90 Å². The molecular weight excluding hydrogens is 264 g/mol. The van der Waals surface area contributed by atoms with Crippen molar-refractivity contribution in [2.75, 3.05) is 30.8 Å². The number of aliphatic hydroxyl groups excluding tert-OH is 1. The molecule has 0 radical (unpaired) electrons. The van der Waals surface area contributed by atoms with E-state index in [4.69, 9.17) is 11.6 Å². The summed E-state index contributed by atoms with van der Waals surface area (Å²) in [5.41, 5.74) is 1.41. The van der Waals surface area contributed by atoms with E-state index in [1.54, 1.807) is 0 Å². The molecule has 1 heterocycles. The maximum atomic E-state index is 12.4. The summed E-state index contributed by atoms with van der Waals surface area (Å²) in [6, 6.07) is 7.39. The quantitative estimate of drug-likeness (QED) is 0.812. The third-order valence-corrected chi connectivity index (χ3v) is 3.61. The molecule has 104 valence electrons. The van der Waals surface area contributed by atoms with E-state index in [-0.39, 0.29) is 11.8 Å². The van der Waals surface area contributed by atoms with Crippen molar-refractivity contribution >= 4 is 23.2 Å². The van der Waals surface area contributed by atoms with Crippen LogP contribution in [0.25, 0.3) is 0 Å². The number of carbonyl (C=O) groups is 1. The fourth-order valence-electron chi connectivity index (χ4n) is 2.20. The van der Waals surface area contributed by atoms with Gasteiger partial charge in [0.05, 0.1) is 17.5 Å². The van der Waals surface area contributed by atoms with E-state index >= 15 is 0 Å². The van der Waals surface area contributed by atoms with Gasteiger partial charge in [-0.3, -0.25) is 4.79 Å². The first kappa shape index (κ1) is 14.2. The summed E-state index contributed by atoms with van der Waals surface area (Å²) in [5.74, 6) is 0.232. The second kappa shape index (κ2) is 6.78. The van der Waals surface area contributed by atoms with Crippen LogP contribution in [0.4, 0.5) is 5.69 Å². The Kier molecular flexibility index (Phi) is 5.05. The van der Waals surface area contributed by atoms with Crippen molar-refractivity contribution in [3.8, 4) is 0 Å². The third-order valence-electron chi connectivity index (χ3n) is 3.26. The average molecular weight is 283 g/mol. The van der Waals surface area contributed by atoms with Crippen LogP contribution in [0.2, 0.25) is 0 Å². The summed E-state index contributed by atoms with van der Waals surface area (Å²) >= 11 is 5.56. The predicted molar refractivity (Wildman–Crippen MR) is 76.8 cm³/mol. The van der Waals surface area contributed by atoms with Crippen LogP contribution in [0.1, 0.15) is 23.2 Å². The number of nitrogens with zero attached hydrogens (tertiary/aromatic N) is 1. The molecular formula is C14H19ClN2O2. The fraction of sp³-hybridized carbons (Fsp3) is 0.500. The van der Waals surface area contributed by atoms with Gasteiger partial charge in [-0.15, -0.1) is 11.6 Å². The zero-order valence-electron chi connectivity index (χ0n) is 10.8. The number of carbonyl (C=O) groups excluding carboxylic acids is 1. The summed E-state index contributed by atoms with van der Waals surface area (Å²) in [6.07, 6.45) is 1.54. The number of anilines is 1. The van der Waals surface area contributed by atoms with E-state index in [1.807, 2.05) is 29.2 Å². The molecule has 0 spiro atoms. The monoisotopic (exact) mass is 282 g/mol. The van der Waals surface area contributed by atoms with Gasteiger partial charge in [-0.2, -0.15) is 0 Å². The third kappa shape index (κ3) is 3.61. The van der Waals surface area contributed by atoms with Crippen LogP contribution in [0.5, 0.6) is 0 Å². The summed E-state index contributed by atoms with van der Waals surface area (Å²) in [6.45, 7) is 2.00. The molecule has 1 amide bonds. The number of aliphatic hydroxyl groups is 1. The van der Waals surface area contributed by atoms with Crippen LogP contribution in [0, 0.1) is 0 Å². The van der Waals surface area contributed by atoms with Gasteiger partial charge in [0.2, 0.25) is 0 Å². The Morgan fingerprint density at radius 2 is 2.05 bits per heavy atom. The van der Waals surface area contributed by atoms with Crippen LogP contribution in [-0.4, -0.2) is 47.5 Å². The van der Waals surface area contributed by atoms with Crippen LogP contribution in [0.15, 0.2) is 24.3 Å². The number of para-hydroxylation sites is 1. The highest BCUT2D eigenvalue weighted by Gasteiger charge is 2.21. The minimum Gasteiger partial charge on any atom is -0.390 e. The topological polar surface area (TPSA) is 52.6 Å². The lowest BCUT2D eigenvalue weighted by molar-refractivity contribution is 0.0793. The van der Waals surface area contributed by atoms with Crippen molar-refractivity contribution in [2.45, 2.75) is 18.9 Å². The standard InChI is InChI=1S/C14H19ClN2O2/c15-9-11(18)10-16-13-6-2-1-5-12(13)14(19)17-7-3-4-8-17/h1-2,5-6,11,16,18H,3-4,7-10H2. The molecule has 4 nitrogen and oxygen atoms in total. The highest BCUT2D eigenvalue weighted by molar-refractivity contribution is 6.18. The van der Waals surface area contributed by atoms with Gasteiger partial charge in [-0.1, -0.05) is 12.1 Å². The number of alkyl halides is 1. The Morgan fingerprint density at radius 1 is 1.37 bits per heavy atom. The summed E-state index contributed by atoms with van der Waals surface area (Å²) in [5, 5.41) is 12.6. The minimum absolute atomic E-state index is 0.0564. The molecule has 1 aliphatic heterocycles. The van der Waals surface area contributed by atoms with Gasteiger partial charge >= 0.3 is 0 Å². The zero-order chi connectivity index (χ0) is 13.7. The first-order valence-corrected chi connectivity index (χ1v) is 7.12. The summed E-state index contributed by atoms with van der Waals surface area (Å²) < 4.78 is 0. The molecule has 1 fully saturated rings. The number of rotatable bonds is 5. The minimum atomic E-state index is -0.614. The number of hydrogen-bond donors (Lipinski definition) is 2. The number of benzene rings is 1. The van der Waals surface area contributed by atoms with Gasteiger partial charge < -0.3 is 15.3 Å². The van der Waals surface area contributed by atoms with Gasteiger partial charge in [0.25, 0.3) is 5.91 Å². The Bertz CT molecular complexity index is 433. The van der Waals surface area contributed by atoms with Crippen molar-refractivity contribution in [1.82, 2.24) is 4.90 Å². The first-order valence-electron chi connectivity index (χ1n) is 6.58. The van der Waals surface area contributed by atoms with E-state index < -0.39 is 6.10 Å². The number of halogens is 1. The lowest BCUT2D eigenvalue weighted by Gasteiger charge is -2.19. The molecule has 0 saturated carbocycles. The van der Waals surface area contributed by atoms with E-state index in [0.717, 1.165) is 31.6 Å². The summed E-state index contributed by atoms with van der Waals surface area (Å²) in [4.78, 5) is 14.3. The highest BCUT2D eigenvalue weighted by Crippen LogP contribution is 2.20. The first-order chi connectivity index (χ1) is 9.22. The molecule has 2 rings (SSSR count). The van der Waals surface area contributed by atoms with Gasteiger partial charge in [-0.25, -0.2) is 0 Å². The van der Waals surface area contributed by atoms with Gasteiger partial charge in [0.15, 0.2) is 0 Å². The normalized spacial score (nSPS) is 16.4. The SMILES string of the molecule is O=C(c1ccccc1NCC(O)CCl)N1CCCC1. The maximum absolute atomic E-state index is 12.4. The smallest absolute Gasteiger partial charge is 0.255 e. The van der Waals surface area contributed by atoms with Crippen LogP contribution >= 0.6 is 11.6 Å². The van der Waals surface area contributed by atoms with E-state index in [2.05, 4.69) is 5.32 Å². The molecule has 19 heavy (non-hydrogen) atoms. The molecule has 0 aliphatic carbocycles. The fourth-order valence-corrected chi connectivity index (χ4v) is 2.31. The summed E-state index contributed by atoms with van der Waals surface area (Å²) in [7, 11) is 0. The molecule has 0 aromatic heterocycles. The van der Waals surface area contributed by atoms with Crippen molar-refractivity contribution in [1.29, 1.82) is 0 Å². The van der Waals surface area contributed by atoms with Gasteiger partial charge in [0.1, 0.15) is 0 Å². The number of amides is 1. The second-order valence-electron chi connectivity index (χ2n) is 4.73. The molecule has 5 heteroatoms.